The summed E-state index contributed by atoms with van der Waals surface area (Å²) in [6.45, 7) is 0.324. The first-order chi connectivity index (χ1) is 11.2. The summed E-state index contributed by atoms with van der Waals surface area (Å²) in [5.41, 5.74) is 6.68. The fourth-order valence-corrected chi connectivity index (χ4v) is 2.60. The second-order valence-electron chi connectivity index (χ2n) is 5.15. The van der Waals surface area contributed by atoms with Gasteiger partial charge in [0, 0.05) is 7.11 Å². The van der Waals surface area contributed by atoms with Crippen LogP contribution >= 0.6 is 0 Å². The van der Waals surface area contributed by atoms with Crippen LogP contribution in [-0.2, 0) is 14.2 Å². The topological polar surface area (TPSA) is 138 Å². The molecule has 1 aliphatic rings. The van der Waals surface area contributed by atoms with Crippen LogP contribution in [0.25, 0.3) is 11.2 Å². The van der Waals surface area contributed by atoms with Crippen LogP contribution in [0.1, 0.15) is 6.23 Å². The van der Waals surface area contributed by atoms with E-state index in [9.17, 15) is 10.2 Å². The van der Waals surface area contributed by atoms with Gasteiger partial charge in [-0.15, -0.1) is 0 Å². The molecule has 23 heavy (non-hydrogen) atoms. The highest BCUT2D eigenvalue weighted by molar-refractivity contribution is 5.81. The first kappa shape index (κ1) is 16.0. The first-order valence-electron chi connectivity index (χ1n) is 7.15. The van der Waals surface area contributed by atoms with Gasteiger partial charge >= 0.3 is 0 Å². The van der Waals surface area contributed by atoms with Crippen LogP contribution in [0.2, 0.25) is 0 Å². The van der Waals surface area contributed by atoms with Crippen LogP contribution in [-0.4, -0.2) is 75.0 Å². The van der Waals surface area contributed by atoms with Gasteiger partial charge in [-0.05, 0) is 0 Å². The predicted molar refractivity (Wildman–Crippen MR) is 78.4 cm³/mol. The Morgan fingerprint density at radius 1 is 1.35 bits per heavy atom. The molecule has 4 N–H and O–H groups in total. The average molecular weight is 325 g/mol. The summed E-state index contributed by atoms with van der Waals surface area (Å²) in [7, 11) is 1.56. The fourth-order valence-electron chi connectivity index (χ4n) is 2.60. The van der Waals surface area contributed by atoms with Crippen molar-refractivity contribution in [2.75, 3.05) is 32.7 Å². The number of imidazole rings is 1. The minimum atomic E-state index is -0.988. The molecule has 10 heteroatoms. The Balaban J connectivity index is 1.92. The highest BCUT2D eigenvalue weighted by atomic mass is 16.6. The predicted octanol–water partition coefficient (Wildman–Crippen LogP) is -1.31. The van der Waals surface area contributed by atoms with Crippen molar-refractivity contribution in [1.82, 2.24) is 19.5 Å². The Morgan fingerprint density at radius 3 is 2.91 bits per heavy atom. The summed E-state index contributed by atoms with van der Waals surface area (Å²) >= 11 is 0. The molecule has 10 nitrogen and oxygen atoms in total. The highest BCUT2D eigenvalue weighted by Gasteiger charge is 2.45. The van der Waals surface area contributed by atoms with Crippen molar-refractivity contribution in [3.63, 3.8) is 0 Å². The van der Waals surface area contributed by atoms with Crippen LogP contribution in [0.15, 0.2) is 12.7 Å². The van der Waals surface area contributed by atoms with Crippen molar-refractivity contribution >= 4 is 17.0 Å². The zero-order valence-corrected chi connectivity index (χ0v) is 12.6. The molecule has 0 spiro atoms. The van der Waals surface area contributed by atoms with E-state index in [1.165, 1.54) is 12.7 Å². The lowest BCUT2D eigenvalue weighted by molar-refractivity contribution is -0.0785. The Bertz CT molecular complexity index is 665. The summed E-state index contributed by atoms with van der Waals surface area (Å²) in [6, 6.07) is 0. The van der Waals surface area contributed by atoms with E-state index < -0.39 is 24.5 Å². The molecular formula is C13H19N5O5. The maximum absolute atomic E-state index is 10.3. The summed E-state index contributed by atoms with van der Waals surface area (Å²) in [4.78, 5) is 12.2. The van der Waals surface area contributed by atoms with E-state index in [1.807, 2.05) is 0 Å². The van der Waals surface area contributed by atoms with Gasteiger partial charge in [-0.3, -0.25) is 4.57 Å². The molecule has 2 aromatic rings. The third-order valence-corrected chi connectivity index (χ3v) is 3.75. The third kappa shape index (κ3) is 2.86. The van der Waals surface area contributed by atoms with Crippen molar-refractivity contribution < 1.29 is 24.4 Å². The quantitative estimate of drug-likeness (QED) is 0.553. The number of aliphatic hydroxyl groups is 2. The summed E-state index contributed by atoms with van der Waals surface area (Å²) in [5, 5.41) is 19.7. The van der Waals surface area contributed by atoms with Crippen LogP contribution in [0, 0.1) is 0 Å². The Labute approximate surface area is 131 Å². The maximum atomic E-state index is 10.3. The van der Waals surface area contributed by atoms with Gasteiger partial charge in [0.15, 0.2) is 17.7 Å². The zero-order valence-electron chi connectivity index (χ0n) is 12.6. The lowest BCUT2D eigenvalue weighted by Crippen LogP contribution is -2.36. The molecule has 0 amide bonds. The van der Waals surface area contributed by atoms with Crippen LogP contribution in [0.3, 0.4) is 0 Å². The molecule has 1 fully saturated rings. The number of rotatable bonds is 6. The summed E-state index contributed by atoms with van der Waals surface area (Å²) < 4.78 is 17.9. The van der Waals surface area contributed by atoms with Gasteiger partial charge in [-0.25, -0.2) is 15.0 Å². The van der Waals surface area contributed by atoms with E-state index in [0.717, 1.165) is 0 Å². The minimum absolute atomic E-state index is 0.253. The zero-order chi connectivity index (χ0) is 16.4. The summed E-state index contributed by atoms with van der Waals surface area (Å²) in [6.07, 6.45) is -0.317. The summed E-state index contributed by atoms with van der Waals surface area (Å²) in [5.74, 6) is 0.253. The van der Waals surface area contributed by atoms with E-state index in [2.05, 4.69) is 15.0 Å². The van der Waals surface area contributed by atoms with Gasteiger partial charge in [0.2, 0.25) is 0 Å². The number of aliphatic hydroxyl groups excluding tert-OH is 2. The second kappa shape index (κ2) is 6.72. The molecule has 0 radical (unpaired) electrons. The Morgan fingerprint density at radius 2 is 2.17 bits per heavy atom. The largest absolute Gasteiger partial charge is 0.394 e. The molecule has 4 atom stereocenters. The molecular weight excluding hydrogens is 306 g/mol. The fraction of sp³-hybridized carbons (Fsp3) is 0.615. The molecule has 3 heterocycles. The standard InChI is InChI=1S/C13H19N5O5/c1-21-2-3-22-10-9(20)7(4-19)23-13(10)18-6-17-8-11(14)15-5-16-12(8)18/h5-7,9-10,13,19-20H,2-4H2,1H3,(H2,14,15,16)/t7-,9?,10+,13-/m1/s1. The van der Waals surface area contributed by atoms with Crippen molar-refractivity contribution in [1.29, 1.82) is 0 Å². The van der Waals surface area contributed by atoms with E-state index >= 15 is 0 Å². The number of fused-ring (bicyclic) bond motifs is 1. The van der Waals surface area contributed by atoms with Crippen molar-refractivity contribution in [3.8, 4) is 0 Å². The Kier molecular flexibility index (Phi) is 4.68. The van der Waals surface area contributed by atoms with Gasteiger partial charge in [-0.1, -0.05) is 0 Å². The number of hydrogen-bond donors (Lipinski definition) is 3. The number of nitrogens with zero attached hydrogens (tertiary/aromatic N) is 4. The van der Waals surface area contributed by atoms with Gasteiger partial charge in [0.25, 0.3) is 0 Å². The average Bonchev–Trinajstić information content (AvgIpc) is 3.10. The number of hydrogen-bond acceptors (Lipinski definition) is 9. The molecule has 0 aromatic carbocycles. The third-order valence-electron chi connectivity index (χ3n) is 3.75. The lowest BCUT2D eigenvalue weighted by atomic mass is 10.1. The number of methoxy groups -OCH3 is 1. The molecule has 0 bridgehead atoms. The molecule has 0 saturated carbocycles. The maximum Gasteiger partial charge on any atom is 0.167 e. The van der Waals surface area contributed by atoms with Crippen molar-refractivity contribution in [2.45, 2.75) is 24.5 Å². The molecule has 0 aliphatic carbocycles. The van der Waals surface area contributed by atoms with Crippen LogP contribution in [0.4, 0.5) is 5.82 Å². The van der Waals surface area contributed by atoms with Crippen molar-refractivity contribution in [3.05, 3.63) is 12.7 Å². The number of nitrogens with two attached hydrogens (primary N) is 1. The number of nitrogen functional groups attached to an aromatic ring is 1. The SMILES string of the molecule is COCCO[C@H]1C(O)[C@@H](CO)O[C@H]1n1cnc2c(N)ncnc21. The van der Waals surface area contributed by atoms with E-state index in [4.69, 9.17) is 19.9 Å². The lowest BCUT2D eigenvalue weighted by Gasteiger charge is -2.21. The monoisotopic (exact) mass is 325 g/mol. The van der Waals surface area contributed by atoms with Crippen LogP contribution < -0.4 is 5.73 Å². The van der Waals surface area contributed by atoms with Gasteiger partial charge in [0.1, 0.15) is 30.2 Å². The Hall–Kier alpha value is -1.85. The number of ether oxygens (including phenoxy) is 3. The molecule has 126 valence electrons. The second-order valence-corrected chi connectivity index (χ2v) is 5.15. The van der Waals surface area contributed by atoms with Gasteiger partial charge in [-0.2, -0.15) is 0 Å². The van der Waals surface area contributed by atoms with Crippen LogP contribution in [0.5, 0.6) is 0 Å². The number of aromatic nitrogens is 4. The molecule has 1 unspecified atom stereocenters. The molecule has 2 aromatic heterocycles. The van der Waals surface area contributed by atoms with E-state index in [0.29, 0.717) is 17.8 Å². The molecule has 1 saturated heterocycles. The van der Waals surface area contributed by atoms with Gasteiger partial charge < -0.3 is 30.2 Å². The smallest absolute Gasteiger partial charge is 0.167 e. The minimum Gasteiger partial charge on any atom is -0.394 e. The normalized spacial score (nSPS) is 27.8. The van der Waals surface area contributed by atoms with Crippen molar-refractivity contribution in [2.24, 2.45) is 0 Å². The number of anilines is 1. The van der Waals surface area contributed by atoms with Gasteiger partial charge in [0.05, 0.1) is 26.1 Å². The molecule has 3 rings (SSSR count). The first-order valence-corrected chi connectivity index (χ1v) is 7.15. The highest BCUT2D eigenvalue weighted by Crippen LogP contribution is 2.33. The van der Waals surface area contributed by atoms with E-state index in [-0.39, 0.29) is 19.0 Å². The van der Waals surface area contributed by atoms with E-state index in [1.54, 1.807) is 11.7 Å². The molecule has 1 aliphatic heterocycles.